The van der Waals surface area contributed by atoms with Crippen molar-refractivity contribution >= 4 is 10.0 Å². The number of aliphatic hydroxyl groups excluding tert-OH is 1. The lowest BCUT2D eigenvalue weighted by Crippen LogP contribution is -2.31. The first-order valence-corrected chi connectivity index (χ1v) is 6.15. The molecule has 1 rings (SSSR count). The monoisotopic (exact) mass is 207 g/mol. The van der Waals surface area contributed by atoms with Crippen LogP contribution in [0, 0.1) is 11.8 Å². The van der Waals surface area contributed by atoms with Crippen molar-refractivity contribution < 1.29 is 13.5 Å². The summed E-state index contributed by atoms with van der Waals surface area (Å²) in [6.45, 7) is 4.87. The Morgan fingerprint density at radius 1 is 1.62 bits per heavy atom. The Labute approximate surface area is 79.6 Å². The van der Waals surface area contributed by atoms with E-state index in [4.69, 9.17) is 5.11 Å². The molecule has 1 saturated heterocycles. The lowest BCUT2D eigenvalue weighted by molar-refractivity contribution is 0.213. The highest BCUT2D eigenvalue weighted by molar-refractivity contribution is 7.89. The van der Waals surface area contributed by atoms with Crippen molar-refractivity contribution in [3.63, 3.8) is 0 Å². The van der Waals surface area contributed by atoms with Gasteiger partial charge < -0.3 is 5.11 Å². The molecule has 78 valence electrons. The van der Waals surface area contributed by atoms with E-state index in [9.17, 15) is 8.42 Å². The first-order chi connectivity index (χ1) is 5.95. The third kappa shape index (κ3) is 2.65. The van der Waals surface area contributed by atoms with Gasteiger partial charge in [-0.2, -0.15) is 0 Å². The van der Waals surface area contributed by atoms with Gasteiger partial charge in [-0.15, -0.1) is 0 Å². The van der Waals surface area contributed by atoms with Crippen LogP contribution in [0.3, 0.4) is 0 Å². The van der Waals surface area contributed by atoms with Crippen LogP contribution in [0.25, 0.3) is 0 Å². The summed E-state index contributed by atoms with van der Waals surface area (Å²) in [4.78, 5) is 0. The van der Waals surface area contributed by atoms with Gasteiger partial charge in [0.1, 0.15) is 0 Å². The molecule has 5 heteroatoms. The fourth-order valence-electron chi connectivity index (χ4n) is 1.57. The molecule has 1 N–H and O–H groups in total. The van der Waals surface area contributed by atoms with E-state index in [0.29, 0.717) is 13.1 Å². The van der Waals surface area contributed by atoms with Crippen LogP contribution in [-0.4, -0.2) is 43.3 Å². The minimum atomic E-state index is -3.02. The van der Waals surface area contributed by atoms with E-state index in [0.717, 1.165) is 0 Å². The number of rotatable bonds is 3. The molecule has 1 heterocycles. The van der Waals surface area contributed by atoms with Crippen molar-refractivity contribution in [1.82, 2.24) is 4.31 Å². The van der Waals surface area contributed by atoms with Crippen LogP contribution in [0.1, 0.15) is 13.8 Å². The molecule has 2 atom stereocenters. The van der Waals surface area contributed by atoms with Crippen LogP contribution in [0.5, 0.6) is 0 Å². The molecular formula is C8H17NO3S. The minimum absolute atomic E-state index is 0.0278. The second kappa shape index (κ2) is 3.94. The minimum Gasteiger partial charge on any atom is -0.396 e. The molecule has 1 fully saturated rings. The molecule has 0 spiro atoms. The molecule has 4 nitrogen and oxygen atoms in total. The van der Waals surface area contributed by atoms with Crippen LogP contribution >= 0.6 is 0 Å². The number of nitrogens with zero attached hydrogens (tertiary/aromatic N) is 1. The normalized spacial score (nSPS) is 30.5. The van der Waals surface area contributed by atoms with E-state index < -0.39 is 10.0 Å². The first-order valence-electron chi connectivity index (χ1n) is 4.54. The van der Waals surface area contributed by atoms with Gasteiger partial charge in [0, 0.05) is 19.7 Å². The van der Waals surface area contributed by atoms with Gasteiger partial charge in [-0.05, 0) is 11.8 Å². The maximum atomic E-state index is 11.5. The average molecular weight is 207 g/mol. The molecule has 13 heavy (non-hydrogen) atoms. The molecule has 0 aliphatic carbocycles. The lowest BCUT2D eigenvalue weighted by Gasteiger charge is -2.17. The lowest BCUT2D eigenvalue weighted by atomic mass is 10.2. The van der Waals surface area contributed by atoms with Crippen molar-refractivity contribution in [3.8, 4) is 0 Å². The van der Waals surface area contributed by atoms with Gasteiger partial charge in [-0.1, -0.05) is 13.8 Å². The van der Waals surface area contributed by atoms with E-state index in [1.807, 2.05) is 13.8 Å². The van der Waals surface area contributed by atoms with Crippen LogP contribution in [0.2, 0.25) is 0 Å². The van der Waals surface area contributed by atoms with Gasteiger partial charge in [-0.3, -0.25) is 0 Å². The fraction of sp³-hybridized carbons (Fsp3) is 1.00. The average Bonchev–Trinajstić information content (AvgIpc) is 2.24. The third-order valence-electron chi connectivity index (χ3n) is 2.23. The Morgan fingerprint density at radius 2 is 2.23 bits per heavy atom. The third-order valence-corrected chi connectivity index (χ3v) is 4.31. The number of aliphatic hydroxyl groups is 1. The quantitative estimate of drug-likeness (QED) is 0.703. The highest BCUT2D eigenvalue weighted by Crippen LogP contribution is 2.19. The van der Waals surface area contributed by atoms with Crippen molar-refractivity contribution in [2.45, 2.75) is 13.8 Å². The van der Waals surface area contributed by atoms with Crippen molar-refractivity contribution in [1.29, 1.82) is 0 Å². The van der Waals surface area contributed by atoms with Crippen LogP contribution < -0.4 is 0 Å². The van der Waals surface area contributed by atoms with E-state index in [1.165, 1.54) is 4.31 Å². The Hall–Kier alpha value is -0.130. The Balaban J connectivity index is 2.60. The summed E-state index contributed by atoms with van der Waals surface area (Å²) in [5.74, 6) is 0.501. The van der Waals surface area contributed by atoms with E-state index >= 15 is 0 Å². The highest BCUT2D eigenvalue weighted by Gasteiger charge is 2.33. The summed E-state index contributed by atoms with van der Waals surface area (Å²) >= 11 is 0. The number of sulfonamides is 1. The molecule has 1 aliphatic heterocycles. The zero-order chi connectivity index (χ0) is 10.1. The summed E-state index contributed by atoms with van der Waals surface area (Å²) in [5.41, 5.74) is 0. The van der Waals surface area contributed by atoms with E-state index in [-0.39, 0.29) is 24.2 Å². The largest absolute Gasteiger partial charge is 0.396 e. The Morgan fingerprint density at radius 3 is 2.62 bits per heavy atom. The molecular weight excluding hydrogens is 190 g/mol. The first kappa shape index (κ1) is 10.9. The van der Waals surface area contributed by atoms with Crippen molar-refractivity contribution in [2.24, 2.45) is 11.8 Å². The second-order valence-electron chi connectivity index (χ2n) is 3.99. The molecule has 0 amide bonds. The van der Waals surface area contributed by atoms with Gasteiger partial charge >= 0.3 is 0 Å². The summed E-state index contributed by atoms with van der Waals surface area (Å²) < 4.78 is 24.4. The van der Waals surface area contributed by atoms with Gasteiger partial charge in [0.25, 0.3) is 0 Å². The Kier molecular flexibility index (Phi) is 3.32. The van der Waals surface area contributed by atoms with E-state index in [2.05, 4.69) is 0 Å². The Bertz CT molecular complexity index is 263. The summed E-state index contributed by atoms with van der Waals surface area (Å²) in [5, 5.41) is 8.81. The van der Waals surface area contributed by atoms with Crippen LogP contribution in [0.15, 0.2) is 0 Å². The van der Waals surface area contributed by atoms with E-state index in [1.54, 1.807) is 0 Å². The van der Waals surface area contributed by atoms with Crippen molar-refractivity contribution in [2.75, 3.05) is 25.4 Å². The molecule has 0 bridgehead atoms. The van der Waals surface area contributed by atoms with Gasteiger partial charge in [0.15, 0.2) is 0 Å². The molecule has 0 aromatic carbocycles. The summed E-state index contributed by atoms with van der Waals surface area (Å²) in [6, 6.07) is 0. The smallest absolute Gasteiger partial charge is 0.214 e. The molecule has 0 radical (unpaired) electrons. The van der Waals surface area contributed by atoms with Crippen LogP contribution in [0.4, 0.5) is 0 Å². The van der Waals surface area contributed by atoms with Crippen LogP contribution in [-0.2, 0) is 10.0 Å². The summed E-state index contributed by atoms with van der Waals surface area (Å²) in [7, 11) is -3.02. The maximum Gasteiger partial charge on any atom is 0.214 e. The zero-order valence-corrected chi connectivity index (χ0v) is 8.92. The number of hydrogen-bond acceptors (Lipinski definition) is 3. The van der Waals surface area contributed by atoms with Gasteiger partial charge in [-0.25, -0.2) is 12.7 Å². The highest BCUT2D eigenvalue weighted by atomic mass is 32.2. The zero-order valence-electron chi connectivity index (χ0n) is 8.10. The fourth-order valence-corrected chi connectivity index (χ4v) is 3.57. The van der Waals surface area contributed by atoms with Gasteiger partial charge in [0.2, 0.25) is 10.0 Å². The van der Waals surface area contributed by atoms with Gasteiger partial charge in [0.05, 0.1) is 5.75 Å². The van der Waals surface area contributed by atoms with Crippen molar-refractivity contribution in [3.05, 3.63) is 0 Å². The maximum absolute atomic E-state index is 11.5. The summed E-state index contributed by atoms with van der Waals surface area (Å²) in [6.07, 6.45) is 0. The molecule has 0 saturated carbocycles. The topological polar surface area (TPSA) is 57.6 Å². The molecule has 1 aliphatic rings. The molecule has 2 unspecified atom stereocenters. The number of hydrogen-bond donors (Lipinski definition) is 1. The molecule has 0 aromatic heterocycles. The standard InChI is InChI=1S/C8H17NO3S/c1-7(5-10)3-9-4-8(2)6-13(9,11)12/h7-8,10H,3-6H2,1-2H3. The second-order valence-corrected chi connectivity index (χ2v) is 6.00. The predicted molar refractivity (Wildman–Crippen MR) is 50.8 cm³/mol. The molecule has 0 aromatic rings. The predicted octanol–water partition coefficient (Wildman–Crippen LogP) is -0.104. The SMILES string of the molecule is CC(CO)CN1CC(C)CS1(=O)=O.